The third-order valence-electron chi connectivity index (χ3n) is 4.42. The Hall–Kier alpha value is -0.610. The van der Waals surface area contributed by atoms with Crippen LogP contribution in [-0.4, -0.2) is 58.6 Å². The zero-order valence-electron chi connectivity index (χ0n) is 11.7. The van der Waals surface area contributed by atoms with Crippen molar-refractivity contribution in [3.63, 3.8) is 0 Å². The zero-order chi connectivity index (χ0) is 13.2. The molecule has 1 amide bonds. The molecule has 18 heavy (non-hydrogen) atoms. The lowest BCUT2D eigenvalue weighted by Crippen LogP contribution is -2.50. The summed E-state index contributed by atoms with van der Waals surface area (Å²) in [5, 5.41) is 9.90. The lowest BCUT2D eigenvalue weighted by atomic mass is 9.94. The van der Waals surface area contributed by atoms with Gasteiger partial charge < -0.3 is 10.0 Å². The average Bonchev–Trinajstić information content (AvgIpc) is 2.32. The number of hydrogen-bond acceptors (Lipinski definition) is 3. The molecule has 104 valence electrons. The quantitative estimate of drug-likeness (QED) is 0.806. The maximum atomic E-state index is 12.3. The van der Waals surface area contributed by atoms with E-state index in [0.717, 1.165) is 45.3 Å². The van der Waals surface area contributed by atoms with E-state index in [2.05, 4.69) is 11.8 Å². The molecule has 0 aromatic heterocycles. The van der Waals surface area contributed by atoms with Gasteiger partial charge in [-0.25, -0.2) is 0 Å². The molecular formula is C14H26N2O2. The van der Waals surface area contributed by atoms with E-state index >= 15 is 0 Å². The number of carbonyl (C=O) groups is 1. The lowest BCUT2D eigenvalue weighted by Gasteiger charge is -2.38. The summed E-state index contributed by atoms with van der Waals surface area (Å²) in [5.74, 6) is 0.267. The number of piperidine rings is 2. The Balaban J connectivity index is 1.81. The molecule has 0 aliphatic carbocycles. The topological polar surface area (TPSA) is 43.8 Å². The summed E-state index contributed by atoms with van der Waals surface area (Å²) in [5.41, 5.74) is -0.530. The standard InChI is InChI=1S/C14H26N2O2/c1-12-5-3-4-8-16(12)13(17)11-15-9-6-14(2,18)7-10-15/h12,18H,3-11H2,1-2H3. The van der Waals surface area contributed by atoms with Gasteiger partial charge in [-0.15, -0.1) is 0 Å². The van der Waals surface area contributed by atoms with Gasteiger partial charge in [0.2, 0.25) is 5.91 Å². The van der Waals surface area contributed by atoms with E-state index in [9.17, 15) is 9.90 Å². The largest absolute Gasteiger partial charge is 0.390 e. The van der Waals surface area contributed by atoms with Crippen molar-refractivity contribution in [2.75, 3.05) is 26.2 Å². The number of aliphatic hydroxyl groups is 1. The second kappa shape index (κ2) is 5.57. The van der Waals surface area contributed by atoms with E-state index in [1.165, 1.54) is 6.42 Å². The molecule has 4 nitrogen and oxygen atoms in total. The number of hydrogen-bond donors (Lipinski definition) is 1. The molecular weight excluding hydrogens is 228 g/mol. The SMILES string of the molecule is CC1CCCCN1C(=O)CN1CCC(C)(O)CC1. The second-order valence-corrected chi connectivity index (χ2v) is 6.21. The highest BCUT2D eigenvalue weighted by atomic mass is 16.3. The third-order valence-corrected chi connectivity index (χ3v) is 4.42. The molecule has 2 saturated heterocycles. The van der Waals surface area contributed by atoms with Gasteiger partial charge in [0.05, 0.1) is 12.1 Å². The van der Waals surface area contributed by atoms with Gasteiger partial charge in [-0.1, -0.05) is 0 Å². The molecule has 4 heteroatoms. The summed E-state index contributed by atoms with van der Waals surface area (Å²) in [6.07, 6.45) is 5.08. The van der Waals surface area contributed by atoms with Gasteiger partial charge in [0.1, 0.15) is 0 Å². The Morgan fingerprint density at radius 2 is 1.94 bits per heavy atom. The van der Waals surface area contributed by atoms with E-state index < -0.39 is 5.60 Å². The fraction of sp³-hybridized carbons (Fsp3) is 0.929. The first-order valence-electron chi connectivity index (χ1n) is 7.22. The van der Waals surface area contributed by atoms with Crippen LogP contribution >= 0.6 is 0 Å². The molecule has 0 spiro atoms. The highest BCUT2D eigenvalue weighted by Crippen LogP contribution is 2.22. The lowest BCUT2D eigenvalue weighted by molar-refractivity contribution is -0.136. The predicted molar refractivity (Wildman–Crippen MR) is 71.3 cm³/mol. The minimum Gasteiger partial charge on any atom is -0.390 e. The monoisotopic (exact) mass is 254 g/mol. The molecule has 0 bridgehead atoms. The van der Waals surface area contributed by atoms with Gasteiger partial charge in [-0.2, -0.15) is 0 Å². The molecule has 1 unspecified atom stereocenters. The van der Waals surface area contributed by atoms with Crippen molar-refractivity contribution in [3.8, 4) is 0 Å². The smallest absolute Gasteiger partial charge is 0.236 e. The van der Waals surface area contributed by atoms with Gasteiger partial charge in [0.25, 0.3) is 0 Å². The molecule has 0 aromatic rings. The van der Waals surface area contributed by atoms with Gasteiger partial charge >= 0.3 is 0 Å². The number of carbonyl (C=O) groups excluding carboxylic acids is 1. The molecule has 2 fully saturated rings. The summed E-state index contributed by atoms with van der Waals surface area (Å²) >= 11 is 0. The summed E-state index contributed by atoms with van der Waals surface area (Å²) in [4.78, 5) is 16.5. The van der Waals surface area contributed by atoms with Crippen LogP contribution in [0.2, 0.25) is 0 Å². The van der Waals surface area contributed by atoms with Gasteiger partial charge in [0.15, 0.2) is 0 Å². The van der Waals surface area contributed by atoms with Crippen LogP contribution in [0, 0.1) is 0 Å². The van der Waals surface area contributed by atoms with Crippen molar-refractivity contribution in [3.05, 3.63) is 0 Å². The molecule has 2 rings (SSSR count). The highest BCUT2D eigenvalue weighted by molar-refractivity contribution is 5.78. The molecule has 1 N–H and O–H groups in total. The van der Waals surface area contributed by atoms with Crippen molar-refractivity contribution in [2.24, 2.45) is 0 Å². The molecule has 0 aromatic carbocycles. The minimum absolute atomic E-state index is 0.267. The summed E-state index contributed by atoms with van der Waals surface area (Å²) < 4.78 is 0. The number of likely N-dealkylation sites (tertiary alicyclic amines) is 2. The Labute approximate surface area is 110 Å². The Morgan fingerprint density at radius 1 is 1.28 bits per heavy atom. The number of rotatable bonds is 2. The Kier molecular flexibility index (Phi) is 4.28. The first kappa shape index (κ1) is 13.8. The zero-order valence-corrected chi connectivity index (χ0v) is 11.7. The highest BCUT2D eigenvalue weighted by Gasteiger charge is 2.30. The third kappa shape index (κ3) is 3.45. The van der Waals surface area contributed by atoms with Gasteiger partial charge in [0, 0.05) is 25.7 Å². The average molecular weight is 254 g/mol. The predicted octanol–water partition coefficient (Wildman–Crippen LogP) is 1.23. The maximum absolute atomic E-state index is 12.3. The fourth-order valence-corrected chi connectivity index (χ4v) is 2.94. The summed E-state index contributed by atoms with van der Waals surface area (Å²) in [6.45, 7) is 7.16. The van der Waals surface area contributed by atoms with Crippen molar-refractivity contribution in [1.82, 2.24) is 9.80 Å². The van der Waals surface area contributed by atoms with Crippen molar-refractivity contribution < 1.29 is 9.90 Å². The first-order chi connectivity index (χ1) is 8.48. The molecule has 2 aliphatic heterocycles. The minimum atomic E-state index is -0.530. The second-order valence-electron chi connectivity index (χ2n) is 6.21. The maximum Gasteiger partial charge on any atom is 0.236 e. The normalized spacial score (nSPS) is 29.3. The van der Waals surface area contributed by atoms with Crippen molar-refractivity contribution >= 4 is 5.91 Å². The van der Waals surface area contributed by atoms with E-state index in [1.54, 1.807) is 0 Å². The molecule has 0 saturated carbocycles. The number of amides is 1. The van der Waals surface area contributed by atoms with Crippen LogP contribution in [0.4, 0.5) is 0 Å². The Morgan fingerprint density at radius 3 is 2.56 bits per heavy atom. The summed E-state index contributed by atoms with van der Waals surface area (Å²) in [7, 11) is 0. The van der Waals surface area contributed by atoms with Crippen LogP contribution in [0.15, 0.2) is 0 Å². The van der Waals surface area contributed by atoms with Crippen LogP contribution in [0.1, 0.15) is 46.0 Å². The van der Waals surface area contributed by atoms with Crippen LogP contribution in [0.25, 0.3) is 0 Å². The van der Waals surface area contributed by atoms with Crippen LogP contribution in [0.5, 0.6) is 0 Å². The van der Waals surface area contributed by atoms with E-state index in [-0.39, 0.29) is 5.91 Å². The van der Waals surface area contributed by atoms with Crippen LogP contribution in [-0.2, 0) is 4.79 Å². The molecule has 1 atom stereocenters. The van der Waals surface area contributed by atoms with Gasteiger partial charge in [-0.3, -0.25) is 9.69 Å². The summed E-state index contributed by atoms with van der Waals surface area (Å²) in [6, 6.07) is 0.402. The molecule has 2 heterocycles. The van der Waals surface area contributed by atoms with Crippen LogP contribution < -0.4 is 0 Å². The molecule has 0 radical (unpaired) electrons. The van der Waals surface area contributed by atoms with E-state index in [4.69, 9.17) is 0 Å². The first-order valence-corrected chi connectivity index (χ1v) is 7.22. The van der Waals surface area contributed by atoms with Gasteiger partial charge in [-0.05, 0) is 46.0 Å². The van der Waals surface area contributed by atoms with E-state index in [0.29, 0.717) is 12.6 Å². The van der Waals surface area contributed by atoms with Crippen LogP contribution in [0.3, 0.4) is 0 Å². The van der Waals surface area contributed by atoms with E-state index in [1.807, 2.05) is 11.8 Å². The van der Waals surface area contributed by atoms with Crippen molar-refractivity contribution in [1.29, 1.82) is 0 Å². The fourth-order valence-electron chi connectivity index (χ4n) is 2.94. The Bertz CT molecular complexity index is 294. The van der Waals surface area contributed by atoms with Crippen molar-refractivity contribution in [2.45, 2.75) is 57.6 Å². The molecule has 2 aliphatic rings. The number of nitrogens with zero attached hydrogens (tertiary/aromatic N) is 2.